The average molecular weight is 279 g/mol. The van der Waals surface area contributed by atoms with Gasteiger partial charge in [-0.05, 0) is 39.2 Å². The van der Waals surface area contributed by atoms with Crippen molar-refractivity contribution in [3.8, 4) is 0 Å². The maximum absolute atomic E-state index is 11.4. The van der Waals surface area contributed by atoms with Crippen molar-refractivity contribution in [1.29, 1.82) is 0 Å². The zero-order chi connectivity index (χ0) is 14.0. The molecule has 2 atom stereocenters. The summed E-state index contributed by atoms with van der Waals surface area (Å²) in [7, 11) is -1.12. The van der Waals surface area contributed by atoms with Crippen LogP contribution >= 0.6 is 0 Å². The summed E-state index contributed by atoms with van der Waals surface area (Å²) in [6.07, 6.45) is 3.86. The molecule has 0 aromatic carbocycles. The molecule has 0 aliphatic rings. The van der Waals surface area contributed by atoms with Gasteiger partial charge in [-0.1, -0.05) is 13.8 Å². The molecule has 0 heterocycles. The highest BCUT2D eigenvalue weighted by atomic mass is 32.2. The SMILES string of the molecule is CCCNC(CCCS(=O)(=O)CC)CC(C)OC. The third-order valence-electron chi connectivity index (χ3n) is 3.15. The van der Waals surface area contributed by atoms with Gasteiger partial charge in [0.05, 0.1) is 11.9 Å². The topological polar surface area (TPSA) is 55.4 Å². The molecule has 0 radical (unpaired) electrons. The number of methoxy groups -OCH3 is 1. The lowest BCUT2D eigenvalue weighted by Gasteiger charge is -2.21. The highest BCUT2D eigenvalue weighted by Gasteiger charge is 2.14. The van der Waals surface area contributed by atoms with Crippen LogP contribution in [-0.4, -0.2) is 45.7 Å². The number of hydrogen-bond acceptors (Lipinski definition) is 4. The smallest absolute Gasteiger partial charge is 0.150 e. The van der Waals surface area contributed by atoms with Gasteiger partial charge >= 0.3 is 0 Å². The maximum atomic E-state index is 11.4. The minimum absolute atomic E-state index is 0.210. The first-order valence-corrected chi connectivity index (χ1v) is 8.73. The number of nitrogens with one attached hydrogen (secondary N) is 1. The van der Waals surface area contributed by atoms with Crippen molar-refractivity contribution in [2.75, 3.05) is 25.2 Å². The van der Waals surface area contributed by atoms with E-state index in [0.29, 0.717) is 11.8 Å². The standard InChI is InChI=1S/C13H29NO3S/c1-5-9-14-13(11-12(3)17-4)8-7-10-18(15,16)6-2/h12-14H,5-11H2,1-4H3. The Bertz CT molecular complexity index is 291. The first-order chi connectivity index (χ1) is 8.45. The van der Waals surface area contributed by atoms with Crippen LogP contribution in [-0.2, 0) is 14.6 Å². The highest BCUT2D eigenvalue weighted by molar-refractivity contribution is 7.91. The predicted molar refractivity (Wildman–Crippen MR) is 76.7 cm³/mol. The van der Waals surface area contributed by atoms with Gasteiger partial charge < -0.3 is 10.1 Å². The van der Waals surface area contributed by atoms with E-state index in [1.165, 1.54) is 0 Å². The zero-order valence-corrected chi connectivity index (χ0v) is 13.1. The molecule has 0 saturated carbocycles. The molecule has 5 heteroatoms. The van der Waals surface area contributed by atoms with Crippen molar-refractivity contribution in [3.05, 3.63) is 0 Å². The fourth-order valence-corrected chi connectivity index (χ4v) is 2.74. The van der Waals surface area contributed by atoms with Gasteiger partial charge in [-0.25, -0.2) is 8.42 Å². The first kappa shape index (κ1) is 17.9. The van der Waals surface area contributed by atoms with Crippen molar-refractivity contribution in [2.45, 2.75) is 58.6 Å². The van der Waals surface area contributed by atoms with E-state index in [4.69, 9.17) is 4.74 Å². The minimum atomic E-state index is -2.83. The molecule has 0 aromatic rings. The number of sulfone groups is 1. The number of rotatable bonds is 11. The molecule has 2 unspecified atom stereocenters. The van der Waals surface area contributed by atoms with Crippen LogP contribution in [0.1, 0.15) is 46.5 Å². The molecule has 1 N–H and O–H groups in total. The Hall–Kier alpha value is -0.130. The van der Waals surface area contributed by atoms with Gasteiger partial charge in [0.15, 0.2) is 0 Å². The van der Waals surface area contributed by atoms with Gasteiger partial charge in [0.25, 0.3) is 0 Å². The Labute approximate surface area is 112 Å². The summed E-state index contributed by atoms with van der Waals surface area (Å²) in [6, 6.07) is 0.354. The largest absolute Gasteiger partial charge is 0.382 e. The molecule has 0 amide bonds. The van der Waals surface area contributed by atoms with Crippen molar-refractivity contribution in [1.82, 2.24) is 5.32 Å². The van der Waals surface area contributed by atoms with E-state index in [9.17, 15) is 8.42 Å². The first-order valence-electron chi connectivity index (χ1n) is 6.91. The molecule has 0 saturated heterocycles. The summed E-state index contributed by atoms with van der Waals surface area (Å²) >= 11 is 0. The summed E-state index contributed by atoms with van der Waals surface area (Å²) in [6.45, 7) is 6.85. The van der Waals surface area contributed by atoms with Gasteiger partial charge in [0.2, 0.25) is 0 Å². The Balaban J connectivity index is 4.07. The Morgan fingerprint density at radius 1 is 1.28 bits per heavy atom. The molecule has 0 spiro atoms. The molecule has 18 heavy (non-hydrogen) atoms. The fraction of sp³-hybridized carbons (Fsp3) is 1.00. The van der Waals surface area contributed by atoms with E-state index < -0.39 is 9.84 Å². The van der Waals surface area contributed by atoms with Crippen LogP contribution in [0, 0.1) is 0 Å². The number of ether oxygens (including phenoxy) is 1. The van der Waals surface area contributed by atoms with Gasteiger partial charge in [-0.3, -0.25) is 0 Å². The molecule has 0 fully saturated rings. The summed E-state index contributed by atoms with van der Waals surface area (Å²) in [5, 5.41) is 3.46. The van der Waals surface area contributed by atoms with E-state index in [2.05, 4.69) is 12.2 Å². The van der Waals surface area contributed by atoms with E-state index >= 15 is 0 Å². The maximum Gasteiger partial charge on any atom is 0.150 e. The van der Waals surface area contributed by atoms with Crippen molar-refractivity contribution >= 4 is 9.84 Å². The monoisotopic (exact) mass is 279 g/mol. The van der Waals surface area contributed by atoms with Gasteiger partial charge in [0.1, 0.15) is 9.84 Å². The minimum Gasteiger partial charge on any atom is -0.382 e. The Morgan fingerprint density at radius 2 is 1.94 bits per heavy atom. The third-order valence-corrected chi connectivity index (χ3v) is 4.94. The van der Waals surface area contributed by atoms with Crippen LogP contribution in [0.3, 0.4) is 0 Å². The van der Waals surface area contributed by atoms with Crippen LogP contribution in [0.4, 0.5) is 0 Å². The van der Waals surface area contributed by atoms with Crippen LogP contribution in [0.5, 0.6) is 0 Å². The second-order valence-electron chi connectivity index (χ2n) is 4.81. The Morgan fingerprint density at radius 3 is 2.44 bits per heavy atom. The summed E-state index contributed by atoms with van der Waals surface area (Å²) in [4.78, 5) is 0. The lowest BCUT2D eigenvalue weighted by molar-refractivity contribution is 0.0992. The highest BCUT2D eigenvalue weighted by Crippen LogP contribution is 2.09. The van der Waals surface area contributed by atoms with Crippen LogP contribution in [0.15, 0.2) is 0 Å². The van der Waals surface area contributed by atoms with Gasteiger partial charge in [0, 0.05) is 18.9 Å². The fourth-order valence-electron chi connectivity index (χ4n) is 1.84. The van der Waals surface area contributed by atoms with E-state index in [-0.39, 0.29) is 11.9 Å². The summed E-state index contributed by atoms with van der Waals surface area (Å²) in [5.74, 6) is 0.545. The molecular weight excluding hydrogens is 250 g/mol. The lowest BCUT2D eigenvalue weighted by atomic mass is 10.1. The van der Waals surface area contributed by atoms with Crippen LogP contribution < -0.4 is 5.32 Å². The normalized spacial score (nSPS) is 15.6. The van der Waals surface area contributed by atoms with Crippen molar-refractivity contribution in [3.63, 3.8) is 0 Å². The Kier molecular flexibility index (Phi) is 9.68. The molecule has 0 aliphatic carbocycles. The van der Waals surface area contributed by atoms with E-state index in [1.54, 1.807) is 14.0 Å². The van der Waals surface area contributed by atoms with E-state index in [0.717, 1.165) is 32.2 Å². The second kappa shape index (κ2) is 9.75. The summed E-state index contributed by atoms with van der Waals surface area (Å²) in [5.41, 5.74) is 0. The van der Waals surface area contributed by atoms with Gasteiger partial charge in [-0.2, -0.15) is 0 Å². The molecule has 0 aliphatic heterocycles. The quantitative estimate of drug-likeness (QED) is 0.628. The van der Waals surface area contributed by atoms with Gasteiger partial charge in [-0.15, -0.1) is 0 Å². The molecular formula is C13H29NO3S. The van der Waals surface area contributed by atoms with E-state index in [1.807, 2.05) is 6.92 Å². The third kappa shape index (κ3) is 8.89. The zero-order valence-electron chi connectivity index (χ0n) is 12.2. The molecule has 4 nitrogen and oxygen atoms in total. The lowest BCUT2D eigenvalue weighted by Crippen LogP contribution is -2.33. The summed E-state index contributed by atoms with van der Waals surface area (Å²) < 4.78 is 28.1. The second-order valence-corrected chi connectivity index (χ2v) is 7.28. The van der Waals surface area contributed by atoms with Crippen LogP contribution in [0.2, 0.25) is 0 Å². The van der Waals surface area contributed by atoms with Crippen molar-refractivity contribution in [2.24, 2.45) is 0 Å². The van der Waals surface area contributed by atoms with Crippen molar-refractivity contribution < 1.29 is 13.2 Å². The predicted octanol–water partition coefficient (Wildman–Crippen LogP) is 1.99. The molecule has 0 bridgehead atoms. The van der Waals surface area contributed by atoms with Crippen LogP contribution in [0.25, 0.3) is 0 Å². The average Bonchev–Trinajstić information content (AvgIpc) is 2.35. The molecule has 0 aromatic heterocycles. The molecule has 110 valence electrons. The molecule has 0 rings (SSSR count). The number of hydrogen-bond donors (Lipinski definition) is 1.